The predicted octanol–water partition coefficient (Wildman–Crippen LogP) is 3.35. The molecule has 0 spiro atoms. The number of rotatable bonds is 4. The Bertz CT molecular complexity index is 511. The highest BCUT2D eigenvalue weighted by Gasteiger charge is 2.14. The summed E-state index contributed by atoms with van der Waals surface area (Å²) in [5.41, 5.74) is 11.0. The number of hydrogen-bond acceptors (Lipinski definition) is 3. The van der Waals surface area contributed by atoms with Gasteiger partial charge in [0.15, 0.2) is 0 Å². The molecule has 0 amide bonds. The number of hydrogen-bond donors (Lipinski definition) is 1. The van der Waals surface area contributed by atoms with E-state index in [4.69, 9.17) is 5.73 Å². The molecule has 0 aliphatic carbocycles. The van der Waals surface area contributed by atoms with Crippen molar-refractivity contribution < 1.29 is 0 Å². The van der Waals surface area contributed by atoms with Gasteiger partial charge in [0.1, 0.15) is 0 Å². The fourth-order valence-corrected chi connectivity index (χ4v) is 3.22. The molecular formula is C15H20N2S. The molecule has 0 fully saturated rings. The van der Waals surface area contributed by atoms with Crippen LogP contribution in [-0.2, 0) is 6.42 Å². The van der Waals surface area contributed by atoms with Crippen LogP contribution in [0.4, 0.5) is 0 Å². The van der Waals surface area contributed by atoms with Crippen molar-refractivity contribution in [2.45, 2.75) is 33.1 Å². The molecule has 2 N–H and O–H groups in total. The van der Waals surface area contributed by atoms with Crippen LogP contribution >= 0.6 is 11.3 Å². The van der Waals surface area contributed by atoms with Crippen LogP contribution in [-0.4, -0.2) is 11.5 Å². The van der Waals surface area contributed by atoms with Gasteiger partial charge in [0, 0.05) is 23.5 Å². The zero-order valence-corrected chi connectivity index (χ0v) is 12.1. The lowest BCUT2D eigenvalue weighted by atomic mass is 9.97. The molecule has 1 atom stereocenters. The van der Waals surface area contributed by atoms with Gasteiger partial charge in [-0.05, 0) is 32.8 Å². The molecule has 96 valence electrons. The summed E-state index contributed by atoms with van der Waals surface area (Å²) in [6.45, 7) is 6.97. The van der Waals surface area contributed by atoms with Gasteiger partial charge >= 0.3 is 0 Å². The molecular weight excluding hydrogens is 240 g/mol. The third-order valence-electron chi connectivity index (χ3n) is 3.03. The summed E-state index contributed by atoms with van der Waals surface area (Å²) < 4.78 is 0. The molecule has 0 aliphatic heterocycles. The number of aromatic nitrogens is 1. The monoisotopic (exact) mass is 260 g/mol. The Morgan fingerprint density at radius 1 is 1.17 bits per heavy atom. The first-order valence-electron chi connectivity index (χ1n) is 6.27. The van der Waals surface area contributed by atoms with Gasteiger partial charge in [0.2, 0.25) is 0 Å². The number of nitrogens with two attached hydrogens (primary N) is 1. The zero-order valence-electron chi connectivity index (χ0n) is 11.2. The van der Waals surface area contributed by atoms with Crippen molar-refractivity contribution in [3.05, 3.63) is 51.0 Å². The highest BCUT2D eigenvalue weighted by molar-refractivity contribution is 7.09. The van der Waals surface area contributed by atoms with Crippen LogP contribution in [0.2, 0.25) is 0 Å². The smallest absolute Gasteiger partial charge is 0.0975 e. The van der Waals surface area contributed by atoms with Gasteiger partial charge in [0.05, 0.1) is 5.01 Å². The number of benzene rings is 1. The first-order chi connectivity index (χ1) is 8.58. The van der Waals surface area contributed by atoms with Crippen LogP contribution in [0.1, 0.15) is 33.3 Å². The van der Waals surface area contributed by atoms with Gasteiger partial charge in [-0.15, -0.1) is 11.3 Å². The van der Waals surface area contributed by atoms with Gasteiger partial charge < -0.3 is 5.73 Å². The van der Waals surface area contributed by atoms with Crippen LogP contribution in [0.5, 0.6) is 0 Å². The summed E-state index contributed by atoms with van der Waals surface area (Å²) in [6.07, 6.45) is 0.978. The van der Waals surface area contributed by atoms with E-state index in [0.29, 0.717) is 12.5 Å². The average Bonchev–Trinajstić information content (AvgIpc) is 2.71. The lowest BCUT2D eigenvalue weighted by Gasteiger charge is -2.13. The Morgan fingerprint density at radius 3 is 2.33 bits per heavy atom. The molecule has 0 radical (unpaired) electrons. The molecule has 0 saturated carbocycles. The Kier molecular flexibility index (Phi) is 4.15. The maximum absolute atomic E-state index is 5.90. The minimum atomic E-state index is 0.338. The zero-order chi connectivity index (χ0) is 13.1. The Hall–Kier alpha value is -1.19. The first-order valence-corrected chi connectivity index (χ1v) is 7.15. The predicted molar refractivity (Wildman–Crippen MR) is 78.3 cm³/mol. The Balaban J connectivity index is 2.20. The van der Waals surface area contributed by atoms with Gasteiger partial charge in [-0.2, -0.15) is 0 Å². The summed E-state index contributed by atoms with van der Waals surface area (Å²) in [7, 11) is 0. The highest BCUT2D eigenvalue weighted by atomic mass is 32.1. The van der Waals surface area contributed by atoms with Gasteiger partial charge in [-0.25, -0.2) is 4.98 Å². The molecule has 1 heterocycles. The van der Waals surface area contributed by atoms with Crippen molar-refractivity contribution in [1.82, 2.24) is 4.98 Å². The minimum absolute atomic E-state index is 0.338. The first kappa shape index (κ1) is 13.2. The van der Waals surface area contributed by atoms with E-state index in [1.165, 1.54) is 16.7 Å². The lowest BCUT2D eigenvalue weighted by Crippen LogP contribution is -2.15. The molecule has 1 aromatic carbocycles. The second kappa shape index (κ2) is 5.63. The molecule has 0 saturated heterocycles. The fourth-order valence-electron chi connectivity index (χ4n) is 2.30. The third kappa shape index (κ3) is 3.18. The number of thiazole rings is 1. The van der Waals surface area contributed by atoms with E-state index in [1.54, 1.807) is 11.3 Å². The van der Waals surface area contributed by atoms with Crippen LogP contribution in [0.15, 0.2) is 23.6 Å². The van der Waals surface area contributed by atoms with Crippen LogP contribution in [0.3, 0.4) is 0 Å². The summed E-state index contributed by atoms with van der Waals surface area (Å²) in [5.74, 6) is 0.338. The molecule has 0 aliphatic rings. The van der Waals surface area contributed by atoms with E-state index in [-0.39, 0.29) is 0 Å². The summed E-state index contributed by atoms with van der Waals surface area (Å²) >= 11 is 1.72. The van der Waals surface area contributed by atoms with Crippen molar-refractivity contribution in [1.29, 1.82) is 0 Å². The number of nitrogens with zero attached hydrogens (tertiary/aromatic N) is 1. The van der Waals surface area contributed by atoms with E-state index in [1.807, 2.05) is 6.92 Å². The standard InChI is InChI=1S/C15H20N2S/c1-10-4-11(2)6-13(5-10)7-14(8-16)15-17-12(3)9-18-15/h4-6,9,14H,7-8,16H2,1-3H3. The highest BCUT2D eigenvalue weighted by Crippen LogP contribution is 2.24. The van der Waals surface area contributed by atoms with Gasteiger partial charge in [-0.1, -0.05) is 29.3 Å². The van der Waals surface area contributed by atoms with Gasteiger partial charge in [0.25, 0.3) is 0 Å². The normalized spacial score (nSPS) is 12.7. The van der Waals surface area contributed by atoms with E-state index in [2.05, 4.69) is 42.4 Å². The number of aryl methyl sites for hydroxylation is 3. The van der Waals surface area contributed by atoms with E-state index >= 15 is 0 Å². The lowest BCUT2D eigenvalue weighted by molar-refractivity contribution is 0.686. The maximum atomic E-state index is 5.90. The Morgan fingerprint density at radius 2 is 1.83 bits per heavy atom. The molecule has 2 nitrogen and oxygen atoms in total. The summed E-state index contributed by atoms with van der Waals surface area (Å²) in [4.78, 5) is 4.56. The SMILES string of the molecule is Cc1cc(C)cc(CC(CN)c2nc(C)cs2)c1. The fraction of sp³-hybridized carbons (Fsp3) is 0.400. The summed E-state index contributed by atoms with van der Waals surface area (Å²) in [5, 5.41) is 3.26. The van der Waals surface area contributed by atoms with Crippen LogP contribution < -0.4 is 5.73 Å². The van der Waals surface area contributed by atoms with Gasteiger partial charge in [-0.3, -0.25) is 0 Å². The largest absolute Gasteiger partial charge is 0.330 e. The van der Waals surface area contributed by atoms with Crippen molar-refractivity contribution >= 4 is 11.3 Å². The third-order valence-corrected chi connectivity index (χ3v) is 4.16. The van der Waals surface area contributed by atoms with Crippen molar-refractivity contribution in [3.8, 4) is 0 Å². The van der Waals surface area contributed by atoms with Crippen molar-refractivity contribution in [2.75, 3.05) is 6.54 Å². The molecule has 1 unspecified atom stereocenters. The second-order valence-electron chi connectivity index (χ2n) is 4.96. The van der Waals surface area contributed by atoms with E-state index in [9.17, 15) is 0 Å². The molecule has 3 heteroatoms. The quantitative estimate of drug-likeness (QED) is 0.915. The second-order valence-corrected chi connectivity index (χ2v) is 5.85. The molecule has 1 aromatic heterocycles. The van der Waals surface area contributed by atoms with Crippen LogP contribution in [0.25, 0.3) is 0 Å². The van der Waals surface area contributed by atoms with E-state index in [0.717, 1.165) is 17.1 Å². The average molecular weight is 260 g/mol. The molecule has 2 rings (SSSR count). The molecule has 2 aromatic rings. The minimum Gasteiger partial charge on any atom is -0.330 e. The van der Waals surface area contributed by atoms with Crippen molar-refractivity contribution in [2.24, 2.45) is 5.73 Å². The van der Waals surface area contributed by atoms with Crippen molar-refractivity contribution in [3.63, 3.8) is 0 Å². The molecule has 18 heavy (non-hydrogen) atoms. The molecule has 0 bridgehead atoms. The topological polar surface area (TPSA) is 38.9 Å². The summed E-state index contributed by atoms with van der Waals surface area (Å²) in [6, 6.07) is 6.70. The maximum Gasteiger partial charge on any atom is 0.0975 e. The van der Waals surface area contributed by atoms with E-state index < -0.39 is 0 Å². The Labute approximate surface area is 113 Å². The van der Waals surface area contributed by atoms with Crippen LogP contribution in [0, 0.1) is 20.8 Å².